The molecule has 0 fully saturated rings. The molecule has 0 N–H and O–H groups in total. The van der Waals surface area contributed by atoms with Crippen LogP contribution in [-0.2, 0) is 6.54 Å². The van der Waals surface area contributed by atoms with Gasteiger partial charge in [-0.2, -0.15) is 0 Å². The first-order valence-corrected chi connectivity index (χ1v) is 8.21. The second-order valence-corrected chi connectivity index (χ2v) is 6.87. The van der Waals surface area contributed by atoms with Gasteiger partial charge in [-0.15, -0.1) is 0 Å². The second-order valence-electron chi connectivity index (χ2n) is 5.55. The predicted octanol–water partition coefficient (Wildman–Crippen LogP) is 2.56. The molecule has 0 spiro atoms. The Kier molecular flexibility index (Phi) is 4.18. The lowest BCUT2D eigenvalue weighted by atomic mass is 10.1. The monoisotopic (exact) mass is 289 g/mol. The molecule has 3 aromatic rings. The quantitative estimate of drug-likeness (QED) is 0.667. The van der Waals surface area contributed by atoms with Gasteiger partial charge in [-0.05, 0) is 30.4 Å². The number of hydrogen-bond donors (Lipinski definition) is 0. The Balaban J connectivity index is 1.99. The third-order valence-corrected chi connectivity index (χ3v) is 5.03. The van der Waals surface area contributed by atoms with Gasteiger partial charge in [0.05, 0.1) is 0 Å². The Morgan fingerprint density at radius 3 is 2.29 bits per heavy atom. The van der Waals surface area contributed by atoms with Crippen LogP contribution < -0.4 is 10.4 Å². The molecule has 0 aromatic heterocycles. The number of benzene rings is 3. The maximum absolute atomic E-state index is 2.26. The standard InChI is InChI=1S/C19H19NSi/c1-20(2)14-16-9-4-6-12-18(16)21-19-13-7-10-15-8-3-5-11-17(15)19/h3-13H,14H2,1-2H3. The average Bonchev–Trinajstić information content (AvgIpc) is 2.49. The number of fused-ring (bicyclic) bond motifs is 1. The van der Waals surface area contributed by atoms with Gasteiger partial charge >= 0.3 is 0 Å². The minimum absolute atomic E-state index is 0.702. The predicted molar refractivity (Wildman–Crippen MR) is 92.8 cm³/mol. The SMILES string of the molecule is CN(C)Cc1ccccc1[Si]c1cccc2ccccc12. The van der Waals surface area contributed by atoms with Crippen molar-refractivity contribution in [3.8, 4) is 0 Å². The average molecular weight is 289 g/mol. The van der Waals surface area contributed by atoms with Crippen molar-refractivity contribution in [1.82, 2.24) is 4.90 Å². The van der Waals surface area contributed by atoms with Gasteiger partial charge < -0.3 is 4.90 Å². The Hall–Kier alpha value is -1.90. The zero-order chi connectivity index (χ0) is 14.7. The van der Waals surface area contributed by atoms with E-state index < -0.39 is 0 Å². The van der Waals surface area contributed by atoms with Gasteiger partial charge in [-0.1, -0.05) is 77.1 Å². The van der Waals surface area contributed by atoms with Crippen LogP contribution in [0.2, 0.25) is 0 Å². The zero-order valence-corrected chi connectivity index (χ0v) is 13.5. The van der Waals surface area contributed by atoms with E-state index in [1.54, 1.807) is 0 Å². The largest absolute Gasteiger partial charge is 0.305 e. The van der Waals surface area contributed by atoms with Gasteiger partial charge in [0.15, 0.2) is 0 Å². The molecule has 104 valence electrons. The number of rotatable bonds is 4. The molecule has 1 nitrogen and oxygen atoms in total. The number of nitrogens with zero attached hydrogens (tertiary/aromatic N) is 1. The molecule has 3 rings (SSSR count). The third kappa shape index (κ3) is 3.23. The Bertz CT molecular complexity index is 744. The van der Waals surface area contributed by atoms with Crippen LogP contribution in [-0.4, -0.2) is 28.5 Å². The molecule has 21 heavy (non-hydrogen) atoms. The first kappa shape index (κ1) is 14.1. The molecule has 2 heteroatoms. The highest BCUT2D eigenvalue weighted by molar-refractivity contribution is 6.70. The molecule has 0 amide bonds. The molecule has 0 atom stereocenters. The van der Waals surface area contributed by atoms with E-state index in [9.17, 15) is 0 Å². The highest BCUT2D eigenvalue weighted by Crippen LogP contribution is 2.10. The van der Waals surface area contributed by atoms with E-state index >= 15 is 0 Å². The van der Waals surface area contributed by atoms with E-state index in [0.717, 1.165) is 6.54 Å². The zero-order valence-electron chi connectivity index (χ0n) is 12.5. The summed E-state index contributed by atoms with van der Waals surface area (Å²) >= 11 is 0. The van der Waals surface area contributed by atoms with E-state index in [0.29, 0.717) is 9.52 Å². The molecule has 0 unspecified atom stereocenters. The van der Waals surface area contributed by atoms with Crippen LogP contribution in [0.5, 0.6) is 0 Å². The maximum Gasteiger partial charge on any atom is 0.122 e. The van der Waals surface area contributed by atoms with Crippen LogP contribution in [0.15, 0.2) is 66.7 Å². The van der Waals surface area contributed by atoms with Crippen molar-refractivity contribution < 1.29 is 0 Å². The molecule has 2 radical (unpaired) electrons. The Morgan fingerprint density at radius 2 is 1.43 bits per heavy atom. The lowest BCUT2D eigenvalue weighted by Gasteiger charge is -2.14. The molecule has 0 aliphatic carbocycles. The van der Waals surface area contributed by atoms with Crippen LogP contribution in [0.4, 0.5) is 0 Å². The fourth-order valence-electron chi connectivity index (χ4n) is 2.60. The first-order valence-electron chi connectivity index (χ1n) is 7.21. The molecule has 0 heterocycles. The van der Waals surface area contributed by atoms with E-state index in [1.807, 2.05) is 0 Å². The molecule has 0 aliphatic heterocycles. The van der Waals surface area contributed by atoms with Crippen molar-refractivity contribution in [2.75, 3.05) is 14.1 Å². The lowest BCUT2D eigenvalue weighted by molar-refractivity contribution is 0.403. The highest BCUT2D eigenvalue weighted by Gasteiger charge is 2.07. The highest BCUT2D eigenvalue weighted by atomic mass is 28.2. The fraction of sp³-hybridized carbons (Fsp3) is 0.158. The molecule has 0 aliphatic rings. The minimum atomic E-state index is 0.702. The summed E-state index contributed by atoms with van der Waals surface area (Å²) in [5.74, 6) is 0. The van der Waals surface area contributed by atoms with Crippen molar-refractivity contribution in [3.63, 3.8) is 0 Å². The summed E-state index contributed by atoms with van der Waals surface area (Å²) in [5, 5.41) is 5.58. The Morgan fingerprint density at radius 1 is 0.762 bits per heavy atom. The molecule has 0 saturated carbocycles. The maximum atomic E-state index is 2.26. The summed E-state index contributed by atoms with van der Waals surface area (Å²) < 4.78 is 0. The van der Waals surface area contributed by atoms with Crippen molar-refractivity contribution in [2.45, 2.75) is 6.54 Å². The van der Waals surface area contributed by atoms with Crippen molar-refractivity contribution >= 4 is 30.7 Å². The van der Waals surface area contributed by atoms with E-state index in [1.165, 1.54) is 26.7 Å². The van der Waals surface area contributed by atoms with Gasteiger partial charge in [0, 0.05) is 6.54 Å². The topological polar surface area (TPSA) is 3.24 Å². The van der Waals surface area contributed by atoms with Crippen LogP contribution in [0.3, 0.4) is 0 Å². The van der Waals surface area contributed by atoms with E-state index in [-0.39, 0.29) is 0 Å². The molecular weight excluding hydrogens is 270 g/mol. The van der Waals surface area contributed by atoms with Crippen molar-refractivity contribution in [2.24, 2.45) is 0 Å². The van der Waals surface area contributed by atoms with Crippen molar-refractivity contribution in [3.05, 3.63) is 72.3 Å². The van der Waals surface area contributed by atoms with E-state index in [4.69, 9.17) is 0 Å². The summed E-state index contributed by atoms with van der Waals surface area (Å²) in [7, 11) is 4.95. The lowest BCUT2D eigenvalue weighted by Crippen LogP contribution is -2.32. The third-order valence-electron chi connectivity index (χ3n) is 3.56. The smallest absolute Gasteiger partial charge is 0.122 e. The van der Waals surface area contributed by atoms with Gasteiger partial charge in [-0.3, -0.25) is 0 Å². The van der Waals surface area contributed by atoms with Gasteiger partial charge in [0.1, 0.15) is 9.52 Å². The normalized spacial score (nSPS) is 11.2. The van der Waals surface area contributed by atoms with Crippen LogP contribution in [0.1, 0.15) is 5.56 Å². The first-order chi connectivity index (χ1) is 10.2. The molecule has 0 saturated heterocycles. The van der Waals surface area contributed by atoms with E-state index in [2.05, 4.69) is 85.7 Å². The van der Waals surface area contributed by atoms with Gasteiger partial charge in [0.2, 0.25) is 0 Å². The minimum Gasteiger partial charge on any atom is -0.305 e. The fourth-order valence-corrected chi connectivity index (χ4v) is 3.93. The summed E-state index contributed by atoms with van der Waals surface area (Å²) in [6.07, 6.45) is 0. The summed E-state index contributed by atoms with van der Waals surface area (Å²) in [6, 6.07) is 24.1. The van der Waals surface area contributed by atoms with Gasteiger partial charge in [-0.25, -0.2) is 0 Å². The molecule has 0 bridgehead atoms. The molecule has 3 aromatic carbocycles. The number of hydrogen-bond acceptors (Lipinski definition) is 1. The molecular formula is C19H19NSi. The van der Waals surface area contributed by atoms with Crippen LogP contribution in [0, 0.1) is 0 Å². The van der Waals surface area contributed by atoms with Crippen LogP contribution in [0.25, 0.3) is 10.8 Å². The summed E-state index contributed by atoms with van der Waals surface area (Å²) in [5.41, 5.74) is 1.42. The Labute approximate surface area is 129 Å². The van der Waals surface area contributed by atoms with Gasteiger partial charge in [0.25, 0.3) is 0 Å². The summed E-state index contributed by atoms with van der Waals surface area (Å²) in [6.45, 7) is 0.994. The van der Waals surface area contributed by atoms with Crippen molar-refractivity contribution in [1.29, 1.82) is 0 Å². The van der Waals surface area contributed by atoms with Crippen LogP contribution >= 0.6 is 0 Å². The summed E-state index contributed by atoms with van der Waals surface area (Å²) in [4.78, 5) is 2.23. The second kappa shape index (κ2) is 6.25.